The lowest BCUT2D eigenvalue weighted by Gasteiger charge is -2.29. The van der Waals surface area contributed by atoms with Crippen LogP contribution in [0, 0.1) is 5.92 Å². The zero-order chi connectivity index (χ0) is 38.9. The standard InChI is InChI=1S/C39H38N6O7S4/c46-34-29-21-25(52-36-33(30-15-8-18-53-30)40-26-12-6-7-13-27(26)42-36)23-45(29)37(48)28(41-35(47)31-16-9-19-54-31)14-5-3-1-2-4-11-24-22-39(24,43-34)38(49)44-56(50,51)32-17-10-20-55-32/h4,6-13,15-20,24-25,28-29H,1-3,5,14,21-23H2,(H,41,47)(H,43,46)(H,44,49)/b11-4+/t24?,25-,28-,29+,39-/m1/s1. The summed E-state index contributed by atoms with van der Waals surface area (Å²) in [5.74, 6) is -2.55. The third-order valence-electron chi connectivity index (χ3n) is 10.3. The highest BCUT2D eigenvalue weighted by atomic mass is 32.2. The Hall–Kier alpha value is -4.97. The Bertz CT molecular complexity index is 2380. The highest BCUT2D eigenvalue weighted by Crippen LogP contribution is 2.46. The van der Waals surface area contributed by atoms with Gasteiger partial charge in [0.05, 0.1) is 27.3 Å². The van der Waals surface area contributed by atoms with Crippen LogP contribution in [0.15, 0.2) is 93.2 Å². The quantitative estimate of drug-likeness (QED) is 0.170. The molecule has 3 N–H and O–H groups in total. The van der Waals surface area contributed by atoms with Gasteiger partial charge in [0.25, 0.3) is 21.8 Å². The molecule has 5 atom stereocenters. The molecule has 56 heavy (non-hydrogen) atoms. The van der Waals surface area contributed by atoms with Gasteiger partial charge in [-0.1, -0.05) is 55.3 Å². The second-order valence-corrected chi connectivity index (χ2v) is 18.8. The van der Waals surface area contributed by atoms with Crippen LogP contribution in [0.5, 0.6) is 5.88 Å². The normalized spacial score (nSPS) is 24.9. The van der Waals surface area contributed by atoms with Crippen molar-refractivity contribution in [2.24, 2.45) is 5.92 Å². The highest BCUT2D eigenvalue weighted by molar-refractivity contribution is 7.92. The Labute approximate surface area is 335 Å². The van der Waals surface area contributed by atoms with E-state index in [1.165, 1.54) is 33.6 Å². The van der Waals surface area contributed by atoms with Crippen LogP contribution in [0.4, 0.5) is 0 Å². The van der Waals surface area contributed by atoms with E-state index < -0.39 is 57.4 Å². The molecule has 0 bridgehead atoms. The maximum Gasteiger partial charge on any atom is 0.273 e. The predicted octanol–water partition coefficient (Wildman–Crippen LogP) is 5.53. The SMILES string of the molecule is O=C(N[C@@H]1CCCCC/C=C/C2C[C@@]2(C(=O)NS(=O)(=O)c2cccs2)NC(=O)[C@@H]2C[C@@H](Oc3nc4ccccc4nc3-c3cccs3)CN2C1=O)c1cccs1. The summed E-state index contributed by atoms with van der Waals surface area (Å²) in [7, 11) is -4.20. The molecule has 1 saturated heterocycles. The van der Waals surface area contributed by atoms with Gasteiger partial charge in [0.15, 0.2) is 0 Å². The summed E-state index contributed by atoms with van der Waals surface area (Å²) < 4.78 is 35.1. The number of aromatic nitrogens is 2. The Kier molecular flexibility index (Phi) is 10.8. The van der Waals surface area contributed by atoms with Crippen molar-refractivity contribution in [3.05, 3.63) is 93.8 Å². The lowest BCUT2D eigenvalue weighted by molar-refractivity contribution is -0.141. The fourth-order valence-electron chi connectivity index (χ4n) is 7.28. The van der Waals surface area contributed by atoms with Crippen molar-refractivity contribution < 1.29 is 32.3 Å². The topological polar surface area (TPSA) is 177 Å². The van der Waals surface area contributed by atoms with Gasteiger partial charge >= 0.3 is 0 Å². The largest absolute Gasteiger partial charge is 0.471 e. The number of para-hydroxylation sites is 2. The van der Waals surface area contributed by atoms with Gasteiger partial charge < -0.3 is 20.3 Å². The number of ether oxygens (including phenoxy) is 1. The number of hydrogen-bond acceptors (Lipinski definition) is 12. The van der Waals surface area contributed by atoms with Gasteiger partial charge in [-0.25, -0.2) is 23.1 Å². The molecule has 4 aromatic heterocycles. The number of nitrogens with one attached hydrogen (secondary N) is 3. The Balaban J connectivity index is 1.13. The van der Waals surface area contributed by atoms with Crippen LogP contribution < -0.4 is 20.1 Å². The van der Waals surface area contributed by atoms with Crippen LogP contribution in [0.3, 0.4) is 0 Å². The minimum Gasteiger partial charge on any atom is -0.471 e. The number of rotatable bonds is 8. The minimum absolute atomic E-state index is 0.0179. The molecule has 4 amide bonds. The van der Waals surface area contributed by atoms with Crippen molar-refractivity contribution in [3.63, 3.8) is 0 Å². The summed E-state index contributed by atoms with van der Waals surface area (Å²) >= 11 is 3.71. The Morgan fingerprint density at radius 1 is 0.911 bits per heavy atom. The van der Waals surface area contributed by atoms with Crippen LogP contribution in [0.1, 0.15) is 54.6 Å². The van der Waals surface area contributed by atoms with E-state index in [2.05, 4.69) is 15.4 Å². The molecule has 3 aliphatic rings. The molecular weight excluding hydrogens is 793 g/mol. The molecule has 1 aromatic carbocycles. The highest BCUT2D eigenvalue weighted by Gasteiger charge is 2.61. The van der Waals surface area contributed by atoms with E-state index in [1.807, 2.05) is 53.9 Å². The first kappa shape index (κ1) is 37.9. The van der Waals surface area contributed by atoms with E-state index in [4.69, 9.17) is 14.7 Å². The van der Waals surface area contributed by atoms with Gasteiger partial charge in [-0.15, -0.1) is 34.0 Å². The van der Waals surface area contributed by atoms with E-state index in [1.54, 1.807) is 29.0 Å². The summed E-state index contributed by atoms with van der Waals surface area (Å²) in [6, 6.07) is 15.6. The van der Waals surface area contributed by atoms with E-state index >= 15 is 0 Å². The van der Waals surface area contributed by atoms with Crippen LogP contribution in [-0.2, 0) is 24.4 Å². The second kappa shape index (κ2) is 15.9. The molecule has 1 unspecified atom stereocenters. The predicted molar refractivity (Wildman–Crippen MR) is 214 cm³/mol. The summed E-state index contributed by atoms with van der Waals surface area (Å²) in [5.41, 5.74) is 0.252. The number of thiophene rings is 3. The van der Waals surface area contributed by atoms with Crippen LogP contribution in [0.2, 0.25) is 0 Å². The van der Waals surface area contributed by atoms with E-state index in [0.717, 1.165) is 29.1 Å². The molecule has 0 spiro atoms. The van der Waals surface area contributed by atoms with Crippen molar-refractivity contribution in [1.82, 2.24) is 30.2 Å². The fourth-order valence-corrected chi connectivity index (χ4v) is 10.6. The fraction of sp³-hybridized carbons (Fsp3) is 0.333. The summed E-state index contributed by atoms with van der Waals surface area (Å²) in [5, 5.41) is 11.1. The number of fused-ring (bicyclic) bond motifs is 3. The number of carbonyl (C=O) groups excluding carboxylic acids is 4. The zero-order valence-electron chi connectivity index (χ0n) is 30.0. The minimum atomic E-state index is -4.20. The number of allylic oxidation sites excluding steroid dienone is 1. The van der Waals surface area contributed by atoms with Crippen molar-refractivity contribution >= 4 is 78.7 Å². The summed E-state index contributed by atoms with van der Waals surface area (Å²) in [4.78, 5) is 68.8. The molecule has 2 fully saturated rings. The molecule has 1 saturated carbocycles. The lowest BCUT2D eigenvalue weighted by Crippen LogP contribution is -2.58. The molecule has 13 nitrogen and oxygen atoms in total. The van der Waals surface area contributed by atoms with Crippen LogP contribution in [0.25, 0.3) is 21.6 Å². The van der Waals surface area contributed by atoms with Gasteiger partial charge in [-0.2, -0.15) is 0 Å². The smallest absolute Gasteiger partial charge is 0.273 e. The first-order valence-corrected chi connectivity index (χ1v) is 22.4. The Morgan fingerprint density at radius 2 is 1.68 bits per heavy atom. The molecule has 1 aliphatic carbocycles. The van der Waals surface area contributed by atoms with Gasteiger partial charge in [-0.05, 0) is 72.2 Å². The number of sulfonamides is 1. The van der Waals surface area contributed by atoms with Gasteiger partial charge in [0.1, 0.15) is 33.6 Å². The maximum atomic E-state index is 14.6. The summed E-state index contributed by atoms with van der Waals surface area (Å²) in [6.45, 7) is -0.0179. The monoisotopic (exact) mass is 830 g/mol. The average molecular weight is 831 g/mol. The number of amides is 4. The van der Waals surface area contributed by atoms with E-state index in [9.17, 15) is 27.6 Å². The number of nitrogens with zero attached hydrogens (tertiary/aromatic N) is 3. The van der Waals surface area contributed by atoms with Crippen molar-refractivity contribution in [2.75, 3.05) is 6.54 Å². The van der Waals surface area contributed by atoms with Crippen molar-refractivity contribution in [1.29, 1.82) is 0 Å². The average Bonchev–Trinajstić information content (AvgIpc) is 3.89. The summed E-state index contributed by atoms with van der Waals surface area (Å²) in [6.07, 6.45) is 6.55. The second-order valence-electron chi connectivity index (χ2n) is 14.0. The van der Waals surface area contributed by atoms with Gasteiger partial charge in [0, 0.05) is 12.3 Å². The molecule has 6 heterocycles. The molecule has 8 rings (SSSR count). The van der Waals surface area contributed by atoms with E-state index in [0.29, 0.717) is 40.9 Å². The maximum absolute atomic E-state index is 14.6. The number of hydrogen-bond donors (Lipinski definition) is 3. The molecule has 290 valence electrons. The number of carbonyl (C=O) groups is 4. The van der Waals surface area contributed by atoms with Crippen LogP contribution in [-0.4, -0.2) is 77.2 Å². The molecular formula is C39H38N6O7S4. The lowest BCUT2D eigenvalue weighted by atomic mass is 10.0. The van der Waals surface area contributed by atoms with Gasteiger partial charge in [0.2, 0.25) is 17.7 Å². The molecule has 2 aliphatic heterocycles. The third kappa shape index (κ3) is 7.85. The number of benzene rings is 1. The third-order valence-corrected chi connectivity index (χ3v) is 14.7. The van der Waals surface area contributed by atoms with Gasteiger partial charge in [-0.3, -0.25) is 19.2 Å². The van der Waals surface area contributed by atoms with Crippen molar-refractivity contribution in [2.45, 2.75) is 72.9 Å². The first-order valence-electron chi connectivity index (χ1n) is 18.3. The molecule has 0 radical (unpaired) electrons. The first-order chi connectivity index (χ1) is 27.1. The Morgan fingerprint density at radius 3 is 2.43 bits per heavy atom. The van der Waals surface area contributed by atoms with Crippen molar-refractivity contribution in [3.8, 4) is 16.5 Å². The van der Waals surface area contributed by atoms with E-state index in [-0.39, 0.29) is 35.4 Å². The molecule has 17 heteroatoms. The molecule has 5 aromatic rings. The van der Waals surface area contributed by atoms with Crippen LogP contribution >= 0.6 is 34.0 Å². The zero-order valence-corrected chi connectivity index (χ0v) is 33.2.